The molecule has 0 aromatic carbocycles. The third kappa shape index (κ3) is 5.10. The maximum absolute atomic E-state index is 12.3. The van der Waals surface area contributed by atoms with Crippen LogP contribution >= 0.6 is 0 Å². The van der Waals surface area contributed by atoms with Gasteiger partial charge < -0.3 is 19.3 Å². The highest BCUT2D eigenvalue weighted by atomic mass is 16.6. The normalized spacial score (nSPS) is 28.6. The molecule has 1 atom stereocenters. The molecule has 1 aliphatic carbocycles. The van der Waals surface area contributed by atoms with E-state index in [1.807, 2.05) is 11.8 Å². The molecule has 30 heavy (non-hydrogen) atoms. The van der Waals surface area contributed by atoms with Crippen molar-refractivity contribution < 1.29 is 19.1 Å². The lowest BCUT2D eigenvalue weighted by atomic mass is 9.64. The third-order valence-electron chi connectivity index (χ3n) is 7.69. The number of carbonyl (C=O) groups excluding carboxylic acids is 2. The number of likely N-dealkylation sites (N-methyl/N-ethyl adjacent to an activating group) is 1. The first-order valence-electron chi connectivity index (χ1n) is 11.9. The van der Waals surface area contributed by atoms with E-state index in [0.717, 1.165) is 64.7 Å². The van der Waals surface area contributed by atoms with Gasteiger partial charge in [-0.25, -0.2) is 4.79 Å². The zero-order chi connectivity index (χ0) is 21.7. The topological polar surface area (TPSA) is 62.3 Å². The lowest BCUT2D eigenvalue weighted by Gasteiger charge is -2.52. The summed E-state index contributed by atoms with van der Waals surface area (Å²) in [4.78, 5) is 31.1. The molecule has 1 unspecified atom stereocenters. The first kappa shape index (κ1) is 23.3. The Hall–Kier alpha value is -1.34. The van der Waals surface area contributed by atoms with E-state index in [1.165, 1.54) is 20.0 Å². The smallest absolute Gasteiger partial charge is 0.409 e. The number of rotatable bonds is 8. The van der Waals surface area contributed by atoms with E-state index in [9.17, 15) is 9.59 Å². The molecule has 2 heterocycles. The molecule has 0 aromatic heterocycles. The molecule has 2 saturated heterocycles. The van der Waals surface area contributed by atoms with Gasteiger partial charge in [-0.2, -0.15) is 0 Å². The van der Waals surface area contributed by atoms with Crippen LogP contribution in [0.4, 0.5) is 4.79 Å². The number of hydrogen-bond acceptors (Lipinski definition) is 6. The zero-order valence-corrected chi connectivity index (χ0v) is 19.4. The van der Waals surface area contributed by atoms with Gasteiger partial charge in [0.2, 0.25) is 0 Å². The van der Waals surface area contributed by atoms with Crippen LogP contribution < -0.4 is 0 Å². The Labute approximate surface area is 182 Å². The quantitative estimate of drug-likeness (QED) is 0.559. The SMILES string of the molecule is CCCCC(C(=O)OC)N(C)C1CCN(C2CC3(CCN(C(=O)OCC)C3)C2)CC1. The molecule has 2 aliphatic heterocycles. The Morgan fingerprint density at radius 2 is 1.87 bits per heavy atom. The number of hydrogen-bond donors (Lipinski definition) is 0. The van der Waals surface area contributed by atoms with E-state index < -0.39 is 0 Å². The summed E-state index contributed by atoms with van der Waals surface area (Å²) in [6.45, 7) is 8.36. The second kappa shape index (κ2) is 10.3. The minimum absolute atomic E-state index is 0.0956. The second-order valence-electron chi connectivity index (χ2n) is 9.55. The fourth-order valence-corrected chi connectivity index (χ4v) is 5.77. The van der Waals surface area contributed by atoms with Gasteiger partial charge in [0.25, 0.3) is 0 Å². The number of carbonyl (C=O) groups is 2. The lowest BCUT2D eigenvalue weighted by Crippen LogP contribution is -2.56. The zero-order valence-electron chi connectivity index (χ0n) is 19.4. The average Bonchev–Trinajstić information content (AvgIpc) is 3.19. The Balaban J connectivity index is 1.44. The molecule has 1 amide bonds. The molecule has 172 valence electrons. The maximum Gasteiger partial charge on any atom is 0.409 e. The van der Waals surface area contributed by atoms with Crippen molar-refractivity contribution in [3.63, 3.8) is 0 Å². The van der Waals surface area contributed by atoms with Gasteiger partial charge >= 0.3 is 12.1 Å². The van der Waals surface area contributed by atoms with Crippen molar-refractivity contribution in [1.29, 1.82) is 0 Å². The van der Waals surface area contributed by atoms with E-state index >= 15 is 0 Å². The monoisotopic (exact) mass is 423 g/mol. The van der Waals surface area contributed by atoms with Crippen molar-refractivity contribution >= 4 is 12.1 Å². The van der Waals surface area contributed by atoms with Crippen molar-refractivity contribution in [1.82, 2.24) is 14.7 Å². The molecule has 3 rings (SSSR count). The van der Waals surface area contributed by atoms with Crippen LogP contribution in [0.25, 0.3) is 0 Å². The van der Waals surface area contributed by atoms with Gasteiger partial charge in [0.1, 0.15) is 6.04 Å². The van der Waals surface area contributed by atoms with Crippen LogP contribution in [0.5, 0.6) is 0 Å². The van der Waals surface area contributed by atoms with Crippen LogP contribution in [0.1, 0.15) is 65.2 Å². The molecular weight excluding hydrogens is 382 g/mol. The van der Waals surface area contributed by atoms with Gasteiger partial charge in [-0.3, -0.25) is 9.69 Å². The van der Waals surface area contributed by atoms with E-state index in [0.29, 0.717) is 24.1 Å². The number of nitrogens with zero attached hydrogens (tertiary/aromatic N) is 3. The summed E-state index contributed by atoms with van der Waals surface area (Å²) in [5.74, 6) is -0.0956. The fraction of sp³-hybridized carbons (Fsp3) is 0.913. The molecule has 3 fully saturated rings. The van der Waals surface area contributed by atoms with E-state index in [4.69, 9.17) is 9.47 Å². The average molecular weight is 424 g/mol. The van der Waals surface area contributed by atoms with Crippen LogP contribution in [0, 0.1) is 5.41 Å². The molecule has 0 bridgehead atoms. The van der Waals surface area contributed by atoms with Crippen LogP contribution in [0.15, 0.2) is 0 Å². The minimum atomic E-state index is -0.148. The van der Waals surface area contributed by atoms with Crippen molar-refractivity contribution in [3.05, 3.63) is 0 Å². The Bertz CT molecular complexity index is 585. The summed E-state index contributed by atoms with van der Waals surface area (Å²) >= 11 is 0. The lowest BCUT2D eigenvalue weighted by molar-refractivity contribution is -0.148. The van der Waals surface area contributed by atoms with Crippen LogP contribution in [0.3, 0.4) is 0 Å². The van der Waals surface area contributed by atoms with Gasteiger partial charge in [-0.1, -0.05) is 19.8 Å². The summed E-state index contributed by atoms with van der Waals surface area (Å²) in [7, 11) is 3.59. The second-order valence-corrected chi connectivity index (χ2v) is 9.55. The molecule has 3 aliphatic rings. The predicted molar refractivity (Wildman–Crippen MR) is 116 cm³/mol. The van der Waals surface area contributed by atoms with Crippen molar-refractivity contribution in [2.75, 3.05) is 46.9 Å². The van der Waals surface area contributed by atoms with Crippen LogP contribution in [0.2, 0.25) is 0 Å². The molecule has 7 heteroatoms. The summed E-state index contributed by atoms with van der Waals surface area (Å²) in [5, 5.41) is 0. The molecule has 7 nitrogen and oxygen atoms in total. The number of likely N-dealkylation sites (tertiary alicyclic amines) is 2. The predicted octanol–water partition coefficient (Wildman–Crippen LogP) is 3.13. The fourth-order valence-electron chi connectivity index (χ4n) is 5.77. The van der Waals surface area contributed by atoms with Gasteiger partial charge in [0.05, 0.1) is 13.7 Å². The molecule has 1 spiro atoms. The van der Waals surface area contributed by atoms with Crippen LogP contribution in [-0.2, 0) is 14.3 Å². The van der Waals surface area contributed by atoms with Gasteiger partial charge in [-0.05, 0) is 71.0 Å². The van der Waals surface area contributed by atoms with E-state index in [1.54, 1.807) is 0 Å². The first-order chi connectivity index (χ1) is 14.4. The molecular formula is C23H41N3O4. The number of esters is 1. The number of ether oxygens (including phenoxy) is 2. The molecule has 0 aromatic rings. The Kier molecular flexibility index (Phi) is 8.02. The Morgan fingerprint density at radius 1 is 1.17 bits per heavy atom. The van der Waals surface area contributed by atoms with E-state index in [2.05, 4.69) is 23.8 Å². The van der Waals surface area contributed by atoms with Crippen LogP contribution in [-0.4, -0.2) is 91.8 Å². The minimum Gasteiger partial charge on any atom is -0.468 e. The number of piperidine rings is 1. The van der Waals surface area contributed by atoms with Gasteiger partial charge in [0.15, 0.2) is 0 Å². The van der Waals surface area contributed by atoms with Gasteiger partial charge in [0, 0.05) is 25.2 Å². The Morgan fingerprint density at radius 3 is 2.47 bits per heavy atom. The summed E-state index contributed by atoms with van der Waals surface area (Å²) in [6.07, 6.45) is 8.59. The first-order valence-corrected chi connectivity index (χ1v) is 11.9. The molecule has 0 N–H and O–H groups in total. The maximum atomic E-state index is 12.3. The largest absolute Gasteiger partial charge is 0.468 e. The number of unbranched alkanes of at least 4 members (excludes halogenated alkanes) is 1. The highest BCUT2D eigenvalue weighted by Gasteiger charge is 2.51. The third-order valence-corrected chi connectivity index (χ3v) is 7.69. The highest BCUT2D eigenvalue weighted by Crippen LogP contribution is 2.50. The summed E-state index contributed by atoms with van der Waals surface area (Å²) in [6, 6.07) is 0.975. The van der Waals surface area contributed by atoms with Crippen molar-refractivity contribution in [2.24, 2.45) is 5.41 Å². The van der Waals surface area contributed by atoms with Crippen molar-refractivity contribution in [3.8, 4) is 0 Å². The number of methoxy groups -OCH3 is 1. The van der Waals surface area contributed by atoms with Crippen molar-refractivity contribution in [2.45, 2.75) is 83.3 Å². The highest BCUT2D eigenvalue weighted by molar-refractivity contribution is 5.75. The molecule has 0 radical (unpaired) electrons. The summed E-state index contributed by atoms with van der Waals surface area (Å²) < 4.78 is 10.2. The standard InChI is InChI=1S/C23H41N3O4/c1-5-7-8-20(21(27)29-4)24(3)18-9-12-25(13-10-18)19-15-23(16-19)11-14-26(17-23)22(28)30-6-2/h18-20H,5-17H2,1-4H3. The molecule has 1 saturated carbocycles. The summed E-state index contributed by atoms with van der Waals surface area (Å²) in [5.41, 5.74) is 0.321. The van der Waals surface area contributed by atoms with Gasteiger partial charge in [-0.15, -0.1) is 0 Å². The van der Waals surface area contributed by atoms with E-state index in [-0.39, 0.29) is 18.1 Å². The number of amides is 1.